The molecule has 92 valence electrons. The Bertz CT molecular complexity index is 577. The van der Waals surface area contributed by atoms with Crippen molar-refractivity contribution in [1.29, 1.82) is 0 Å². The van der Waals surface area contributed by atoms with Gasteiger partial charge in [0.05, 0.1) is 5.52 Å². The number of nitrogens with zero attached hydrogens (tertiary/aromatic N) is 2. The summed E-state index contributed by atoms with van der Waals surface area (Å²) in [5.41, 5.74) is 2.40. The molecule has 0 fully saturated rings. The zero-order chi connectivity index (χ0) is 12.2. The quantitative estimate of drug-likeness (QED) is 0.805. The number of anilines is 1. The number of rotatable bonds is 3. The molecular formula is C14H16N4. The molecule has 0 atom stereocenters. The van der Waals surface area contributed by atoms with Crippen LogP contribution in [-0.4, -0.2) is 29.6 Å². The first-order valence-corrected chi connectivity index (χ1v) is 6.26. The van der Waals surface area contributed by atoms with Crippen LogP contribution in [0.15, 0.2) is 42.1 Å². The number of para-hydroxylation sites is 1. The fraction of sp³-hybridized carbons (Fsp3) is 0.286. The first-order valence-electron chi connectivity index (χ1n) is 6.26. The Kier molecular flexibility index (Phi) is 3.19. The fourth-order valence-electron chi connectivity index (χ4n) is 2.08. The van der Waals surface area contributed by atoms with E-state index in [9.17, 15) is 0 Å². The maximum absolute atomic E-state index is 4.49. The van der Waals surface area contributed by atoms with E-state index in [0.29, 0.717) is 5.95 Å². The minimum Gasteiger partial charge on any atom is -0.350 e. The molecule has 0 radical (unpaired) electrons. The van der Waals surface area contributed by atoms with E-state index in [-0.39, 0.29) is 0 Å². The second-order valence-corrected chi connectivity index (χ2v) is 4.42. The number of fused-ring (bicyclic) bond motifs is 1. The number of aromatic nitrogens is 2. The van der Waals surface area contributed by atoms with Gasteiger partial charge in [-0.05, 0) is 19.0 Å². The summed E-state index contributed by atoms with van der Waals surface area (Å²) >= 11 is 0. The molecule has 1 aromatic heterocycles. The Labute approximate surface area is 106 Å². The van der Waals surface area contributed by atoms with Crippen molar-refractivity contribution >= 4 is 16.9 Å². The van der Waals surface area contributed by atoms with Crippen molar-refractivity contribution in [3.05, 3.63) is 42.1 Å². The van der Waals surface area contributed by atoms with Gasteiger partial charge in [0.25, 0.3) is 0 Å². The van der Waals surface area contributed by atoms with Gasteiger partial charge in [0, 0.05) is 24.7 Å². The summed E-state index contributed by atoms with van der Waals surface area (Å²) in [6.45, 7) is 2.86. The monoisotopic (exact) mass is 240 g/mol. The molecule has 0 saturated heterocycles. The van der Waals surface area contributed by atoms with Crippen LogP contribution < -0.4 is 10.6 Å². The van der Waals surface area contributed by atoms with Crippen LogP contribution in [0.5, 0.6) is 0 Å². The molecule has 0 saturated carbocycles. The Balaban J connectivity index is 1.72. The zero-order valence-corrected chi connectivity index (χ0v) is 10.2. The average Bonchev–Trinajstić information content (AvgIpc) is 2.46. The SMILES string of the molecule is C1=C(CNc2ncc3ccccc3n2)CCNC1. The van der Waals surface area contributed by atoms with Crippen LogP contribution >= 0.6 is 0 Å². The molecule has 3 rings (SSSR count). The Morgan fingerprint density at radius 1 is 1.28 bits per heavy atom. The summed E-state index contributed by atoms with van der Waals surface area (Å²) in [6, 6.07) is 8.02. The Morgan fingerprint density at radius 2 is 2.22 bits per heavy atom. The maximum Gasteiger partial charge on any atom is 0.223 e. The third-order valence-electron chi connectivity index (χ3n) is 3.12. The van der Waals surface area contributed by atoms with E-state index in [0.717, 1.165) is 37.0 Å². The van der Waals surface area contributed by atoms with Crippen molar-refractivity contribution in [2.24, 2.45) is 0 Å². The van der Waals surface area contributed by atoms with Gasteiger partial charge in [-0.25, -0.2) is 9.97 Å². The lowest BCUT2D eigenvalue weighted by molar-refractivity contribution is 0.697. The molecule has 0 bridgehead atoms. The molecule has 0 amide bonds. The molecular weight excluding hydrogens is 224 g/mol. The van der Waals surface area contributed by atoms with Crippen molar-refractivity contribution < 1.29 is 0 Å². The molecule has 0 spiro atoms. The summed E-state index contributed by atoms with van der Waals surface area (Å²) in [6.07, 6.45) is 5.19. The second kappa shape index (κ2) is 5.14. The van der Waals surface area contributed by atoms with Crippen LogP contribution in [0, 0.1) is 0 Å². The molecule has 1 aliphatic heterocycles. The normalized spacial score (nSPS) is 15.4. The lowest BCUT2D eigenvalue weighted by Crippen LogP contribution is -2.23. The summed E-state index contributed by atoms with van der Waals surface area (Å²) < 4.78 is 0. The highest BCUT2D eigenvalue weighted by Crippen LogP contribution is 2.12. The third kappa shape index (κ3) is 2.49. The van der Waals surface area contributed by atoms with Gasteiger partial charge in [-0.1, -0.05) is 29.8 Å². The van der Waals surface area contributed by atoms with Crippen LogP contribution in [-0.2, 0) is 0 Å². The van der Waals surface area contributed by atoms with Gasteiger partial charge >= 0.3 is 0 Å². The van der Waals surface area contributed by atoms with E-state index in [1.54, 1.807) is 0 Å². The largest absolute Gasteiger partial charge is 0.350 e. The highest BCUT2D eigenvalue weighted by Gasteiger charge is 2.04. The lowest BCUT2D eigenvalue weighted by Gasteiger charge is -2.14. The van der Waals surface area contributed by atoms with E-state index in [1.165, 1.54) is 5.57 Å². The standard InChI is InChI=1S/C14H16N4/c1-2-4-13-12(3-1)10-17-14(18-13)16-9-11-5-7-15-8-6-11/h1-5,10,15H,6-9H2,(H,16,17,18). The van der Waals surface area contributed by atoms with E-state index in [4.69, 9.17) is 0 Å². The van der Waals surface area contributed by atoms with Crippen molar-refractivity contribution in [2.75, 3.05) is 25.0 Å². The molecule has 2 heterocycles. The van der Waals surface area contributed by atoms with E-state index < -0.39 is 0 Å². The Morgan fingerprint density at radius 3 is 3.11 bits per heavy atom. The van der Waals surface area contributed by atoms with Crippen LogP contribution in [0.2, 0.25) is 0 Å². The minimum atomic E-state index is 0.702. The zero-order valence-electron chi connectivity index (χ0n) is 10.2. The topological polar surface area (TPSA) is 49.8 Å². The summed E-state index contributed by atoms with van der Waals surface area (Å²) in [4.78, 5) is 8.82. The van der Waals surface area contributed by atoms with E-state index >= 15 is 0 Å². The number of hydrogen-bond acceptors (Lipinski definition) is 4. The van der Waals surface area contributed by atoms with Crippen LogP contribution in [0.1, 0.15) is 6.42 Å². The molecule has 0 aliphatic carbocycles. The van der Waals surface area contributed by atoms with Crippen molar-refractivity contribution in [2.45, 2.75) is 6.42 Å². The van der Waals surface area contributed by atoms with Gasteiger partial charge in [0.1, 0.15) is 0 Å². The van der Waals surface area contributed by atoms with Crippen molar-refractivity contribution in [3.63, 3.8) is 0 Å². The first kappa shape index (κ1) is 11.2. The molecule has 1 aromatic carbocycles. The molecule has 4 nitrogen and oxygen atoms in total. The summed E-state index contributed by atoms with van der Waals surface area (Å²) in [7, 11) is 0. The van der Waals surface area contributed by atoms with Gasteiger partial charge in [-0.2, -0.15) is 0 Å². The third-order valence-corrected chi connectivity index (χ3v) is 3.12. The number of hydrogen-bond donors (Lipinski definition) is 2. The molecule has 0 unspecified atom stereocenters. The van der Waals surface area contributed by atoms with Crippen molar-refractivity contribution in [3.8, 4) is 0 Å². The fourth-order valence-corrected chi connectivity index (χ4v) is 2.08. The summed E-state index contributed by atoms with van der Waals surface area (Å²) in [5, 5.41) is 7.66. The van der Waals surface area contributed by atoms with Gasteiger partial charge < -0.3 is 10.6 Å². The highest BCUT2D eigenvalue weighted by atomic mass is 15.1. The number of nitrogens with one attached hydrogen (secondary N) is 2. The van der Waals surface area contributed by atoms with Crippen LogP contribution in [0.4, 0.5) is 5.95 Å². The number of benzene rings is 1. The molecule has 4 heteroatoms. The average molecular weight is 240 g/mol. The Hall–Kier alpha value is -1.94. The minimum absolute atomic E-state index is 0.702. The van der Waals surface area contributed by atoms with Crippen LogP contribution in [0.25, 0.3) is 10.9 Å². The van der Waals surface area contributed by atoms with E-state index in [2.05, 4.69) is 26.7 Å². The maximum atomic E-state index is 4.49. The molecule has 2 N–H and O–H groups in total. The van der Waals surface area contributed by atoms with Crippen molar-refractivity contribution in [1.82, 2.24) is 15.3 Å². The van der Waals surface area contributed by atoms with Gasteiger partial charge in [0.15, 0.2) is 0 Å². The predicted octanol–water partition coefficient (Wildman–Crippen LogP) is 1.96. The second-order valence-electron chi connectivity index (χ2n) is 4.42. The summed E-state index contributed by atoms with van der Waals surface area (Å²) in [5.74, 6) is 0.702. The lowest BCUT2D eigenvalue weighted by atomic mass is 10.1. The molecule has 1 aliphatic rings. The smallest absolute Gasteiger partial charge is 0.223 e. The van der Waals surface area contributed by atoms with Gasteiger partial charge in [0.2, 0.25) is 5.95 Å². The first-order chi connectivity index (χ1) is 8.92. The van der Waals surface area contributed by atoms with Gasteiger partial charge in [-0.3, -0.25) is 0 Å². The van der Waals surface area contributed by atoms with E-state index in [1.807, 2.05) is 30.5 Å². The van der Waals surface area contributed by atoms with Gasteiger partial charge in [-0.15, -0.1) is 0 Å². The predicted molar refractivity (Wildman–Crippen MR) is 73.6 cm³/mol. The highest BCUT2D eigenvalue weighted by molar-refractivity contribution is 5.78. The molecule has 18 heavy (non-hydrogen) atoms. The van der Waals surface area contributed by atoms with Crippen LogP contribution in [0.3, 0.4) is 0 Å². The molecule has 2 aromatic rings.